The zero-order chi connectivity index (χ0) is 20.3. The number of rotatable bonds is 2. The van der Waals surface area contributed by atoms with E-state index in [0.717, 1.165) is 61.9 Å². The predicted octanol–water partition coefficient (Wildman–Crippen LogP) is 4.16. The van der Waals surface area contributed by atoms with Crippen LogP contribution >= 0.6 is 11.3 Å². The van der Waals surface area contributed by atoms with Gasteiger partial charge in [0.25, 0.3) is 0 Å². The number of carbonyl (C=O) groups is 1. The second kappa shape index (κ2) is 6.91. The van der Waals surface area contributed by atoms with Crippen LogP contribution in [0.25, 0.3) is 0 Å². The number of benzene rings is 1. The minimum atomic E-state index is -3.29. The molecule has 0 fully saturated rings. The van der Waals surface area contributed by atoms with Gasteiger partial charge in [-0.15, -0.1) is 15.7 Å². The first-order valence-electron chi connectivity index (χ1n) is 10.2. The van der Waals surface area contributed by atoms with E-state index in [9.17, 15) is 9.00 Å². The summed E-state index contributed by atoms with van der Waals surface area (Å²) in [4.78, 5) is 15.0. The lowest BCUT2D eigenvalue weighted by molar-refractivity contribution is 0.260. The van der Waals surface area contributed by atoms with Crippen LogP contribution in [0.4, 0.5) is 10.5 Å². The predicted molar refractivity (Wildman–Crippen MR) is 117 cm³/mol. The molecular weight excluding hydrogens is 404 g/mol. The van der Waals surface area contributed by atoms with E-state index in [2.05, 4.69) is 27.6 Å². The lowest BCUT2D eigenvalue weighted by Crippen LogP contribution is -2.20. The number of nitrogens with zero attached hydrogens (tertiary/aromatic N) is 2. The molecule has 3 N–H and O–H groups in total. The number of fused-ring (bicyclic) bond motifs is 3. The van der Waals surface area contributed by atoms with E-state index < -0.39 is 15.9 Å². The Labute approximate surface area is 175 Å². The summed E-state index contributed by atoms with van der Waals surface area (Å²) in [7, 11) is -1.27. The average Bonchev–Trinajstić information content (AvgIpc) is 3.41. The third kappa shape index (κ3) is 3.13. The van der Waals surface area contributed by atoms with E-state index in [0.29, 0.717) is 4.21 Å². The summed E-state index contributed by atoms with van der Waals surface area (Å²) >= 11 is 1.35. The minimum absolute atomic E-state index is 0.120. The van der Waals surface area contributed by atoms with Gasteiger partial charge >= 0.3 is 6.03 Å². The van der Waals surface area contributed by atoms with Gasteiger partial charge in [0.1, 0.15) is 4.21 Å². The van der Waals surface area contributed by atoms with E-state index in [1.807, 2.05) is 12.4 Å². The van der Waals surface area contributed by atoms with Gasteiger partial charge in [-0.2, -0.15) is 0 Å². The molecule has 29 heavy (non-hydrogen) atoms. The summed E-state index contributed by atoms with van der Waals surface area (Å²) < 4.78 is 17.8. The van der Waals surface area contributed by atoms with E-state index in [4.69, 9.17) is 5.14 Å². The summed E-state index contributed by atoms with van der Waals surface area (Å²) in [6, 6.07) is 1.83. The number of anilines is 1. The SMILES string of the molecule is CC1c2c(csc2S(N)(=O)=NC(=O)Nc2c3c(cc4c2CCC4)CCC3)CN1C. The third-order valence-corrected chi connectivity index (χ3v) is 9.59. The maximum absolute atomic E-state index is 13.3. The molecule has 2 heterocycles. The molecule has 2 aliphatic carbocycles. The van der Waals surface area contributed by atoms with Gasteiger partial charge in [-0.25, -0.2) is 14.1 Å². The molecule has 1 aromatic heterocycles. The van der Waals surface area contributed by atoms with Gasteiger partial charge in [-0.05, 0) is 85.7 Å². The Balaban J connectivity index is 1.49. The molecule has 2 atom stereocenters. The Morgan fingerprint density at radius 3 is 2.52 bits per heavy atom. The molecule has 0 radical (unpaired) electrons. The van der Waals surface area contributed by atoms with Gasteiger partial charge in [0.05, 0.1) is 0 Å². The highest BCUT2D eigenvalue weighted by Gasteiger charge is 2.32. The molecule has 1 aromatic carbocycles. The van der Waals surface area contributed by atoms with Crippen LogP contribution in [-0.4, -0.2) is 22.2 Å². The van der Waals surface area contributed by atoms with Crippen LogP contribution in [-0.2, 0) is 42.1 Å². The van der Waals surface area contributed by atoms with Crippen molar-refractivity contribution < 1.29 is 9.00 Å². The molecule has 3 aliphatic rings. The first-order chi connectivity index (χ1) is 13.8. The van der Waals surface area contributed by atoms with Gasteiger partial charge in [0, 0.05) is 23.8 Å². The van der Waals surface area contributed by atoms with E-state index in [1.54, 1.807) is 0 Å². The normalized spacial score (nSPS) is 22.1. The summed E-state index contributed by atoms with van der Waals surface area (Å²) in [6.07, 6.45) is 6.28. The maximum Gasteiger partial charge on any atom is 0.354 e. The zero-order valence-corrected chi connectivity index (χ0v) is 18.4. The second-order valence-electron chi connectivity index (χ2n) is 8.38. The number of urea groups is 1. The summed E-state index contributed by atoms with van der Waals surface area (Å²) in [5, 5.41) is 11.1. The topological polar surface area (TPSA) is 87.8 Å². The second-order valence-corrected chi connectivity index (χ2v) is 11.2. The molecule has 154 valence electrons. The van der Waals surface area contributed by atoms with Crippen molar-refractivity contribution in [3.05, 3.63) is 44.8 Å². The average molecular weight is 431 g/mol. The molecule has 0 saturated heterocycles. The molecule has 0 bridgehead atoms. The van der Waals surface area contributed by atoms with Crippen LogP contribution in [0.3, 0.4) is 0 Å². The van der Waals surface area contributed by atoms with Gasteiger partial charge in [0.15, 0.2) is 9.92 Å². The van der Waals surface area contributed by atoms with Crippen LogP contribution in [0.1, 0.15) is 59.2 Å². The number of nitrogens with one attached hydrogen (secondary N) is 1. The molecule has 8 heteroatoms. The first kappa shape index (κ1) is 19.2. The van der Waals surface area contributed by atoms with Crippen molar-refractivity contribution in [1.29, 1.82) is 0 Å². The van der Waals surface area contributed by atoms with Crippen LogP contribution in [0.5, 0.6) is 0 Å². The number of aryl methyl sites for hydroxylation is 2. The van der Waals surface area contributed by atoms with Gasteiger partial charge in [-0.3, -0.25) is 4.90 Å². The quantitative estimate of drug-likeness (QED) is 0.750. The summed E-state index contributed by atoms with van der Waals surface area (Å²) in [6.45, 7) is 2.87. The number of amides is 2. The highest BCUT2D eigenvalue weighted by atomic mass is 32.2. The lowest BCUT2D eigenvalue weighted by atomic mass is 9.99. The smallest absolute Gasteiger partial charge is 0.305 e. The van der Waals surface area contributed by atoms with Crippen molar-refractivity contribution in [3.63, 3.8) is 0 Å². The van der Waals surface area contributed by atoms with Crippen LogP contribution in [0.2, 0.25) is 0 Å². The molecule has 2 aromatic rings. The number of thiophene rings is 1. The highest BCUT2D eigenvalue weighted by Crippen LogP contribution is 2.41. The number of hydrogen-bond donors (Lipinski definition) is 2. The van der Waals surface area contributed by atoms with Crippen molar-refractivity contribution >= 4 is 33.0 Å². The monoisotopic (exact) mass is 430 g/mol. The van der Waals surface area contributed by atoms with Crippen molar-refractivity contribution in [1.82, 2.24) is 4.90 Å². The Hall–Kier alpha value is -1.74. The van der Waals surface area contributed by atoms with Crippen LogP contribution in [0.15, 0.2) is 20.0 Å². The molecule has 5 rings (SSSR count). The molecule has 0 spiro atoms. The Morgan fingerprint density at radius 1 is 1.21 bits per heavy atom. The number of hydrogen-bond acceptors (Lipinski definition) is 4. The first-order valence-corrected chi connectivity index (χ1v) is 12.6. The highest BCUT2D eigenvalue weighted by molar-refractivity contribution is 7.93. The summed E-state index contributed by atoms with van der Waals surface area (Å²) in [5.74, 6) is 0. The molecule has 1 aliphatic heterocycles. The molecule has 6 nitrogen and oxygen atoms in total. The van der Waals surface area contributed by atoms with E-state index in [-0.39, 0.29) is 6.04 Å². The maximum atomic E-state index is 13.3. The standard InChI is InChI=1S/C21H26N4O2S2/c1-12-18-15(10-25(12)2)11-28-20(18)29(22,27)24-21(26)23-19-16-7-3-5-13(16)9-14-6-4-8-17(14)19/h9,11-12H,3-8,10H2,1-2H3,(H3,22,23,24,26,27). The van der Waals surface area contributed by atoms with Crippen molar-refractivity contribution in [2.75, 3.05) is 12.4 Å². The summed E-state index contributed by atoms with van der Waals surface area (Å²) in [5.41, 5.74) is 8.14. The minimum Gasteiger partial charge on any atom is -0.305 e. The Morgan fingerprint density at radius 2 is 1.86 bits per heavy atom. The number of nitrogens with two attached hydrogens (primary N) is 1. The largest absolute Gasteiger partial charge is 0.354 e. The fourth-order valence-electron chi connectivity index (χ4n) is 5.06. The third-order valence-electron chi connectivity index (χ3n) is 6.56. The van der Waals surface area contributed by atoms with E-state index >= 15 is 0 Å². The molecule has 2 amide bonds. The van der Waals surface area contributed by atoms with Crippen molar-refractivity contribution in [2.24, 2.45) is 9.50 Å². The fourth-order valence-corrected chi connectivity index (χ4v) is 7.74. The Kier molecular flexibility index (Phi) is 4.58. The zero-order valence-electron chi connectivity index (χ0n) is 16.8. The van der Waals surface area contributed by atoms with Crippen LogP contribution < -0.4 is 10.5 Å². The van der Waals surface area contributed by atoms with Crippen molar-refractivity contribution in [3.8, 4) is 0 Å². The fraction of sp³-hybridized carbons (Fsp3) is 0.476. The Bertz CT molecular complexity index is 1110. The molecule has 2 unspecified atom stereocenters. The molecular formula is C21H26N4O2S2. The molecule has 0 saturated carbocycles. The van der Waals surface area contributed by atoms with E-state index in [1.165, 1.54) is 33.6 Å². The van der Waals surface area contributed by atoms with Crippen molar-refractivity contribution in [2.45, 2.75) is 62.2 Å². The number of carbonyl (C=O) groups excluding carboxylic acids is 1. The lowest BCUT2D eigenvalue weighted by Gasteiger charge is -2.17. The van der Waals surface area contributed by atoms with Gasteiger partial charge < -0.3 is 5.32 Å². The van der Waals surface area contributed by atoms with Crippen LogP contribution in [0, 0.1) is 0 Å². The van der Waals surface area contributed by atoms with Gasteiger partial charge in [0.2, 0.25) is 0 Å². The van der Waals surface area contributed by atoms with Gasteiger partial charge in [-0.1, -0.05) is 6.07 Å².